The number of methoxy groups -OCH3 is 1. The number of carbonyl (C=O) groups excluding carboxylic acids is 2. The van der Waals surface area contributed by atoms with Gasteiger partial charge in [0.05, 0.1) is 7.11 Å². The summed E-state index contributed by atoms with van der Waals surface area (Å²) in [5.74, 6) is 1.17. The van der Waals surface area contributed by atoms with Crippen LogP contribution in [-0.4, -0.2) is 55.2 Å². The Balaban J connectivity index is 1.47. The second kappa shape index (κ2) is 7.90. The topological polar surface area (TPSA) is 87.9 Å². The fraction of sp³-hybridized carbons (Fsp3) is 0.389. The van der Waals surface area contributed by atoms with Crippen molar-refractivity contribution in [3.05, 3.63) is 36.1 Å². The molecule has 0 bridgehead atoms. The van der Waals surface area contributed by atoms with Crippen LogP contribution >= 0.6 is 0 Å². The van der Waals surface area contributed by atoms with Crippen LogP contribution in [0, 0.1) is 6.92 Å². The molecule has 1 N–H and O–H groups in total. The van der Waals surface area contributed by atoms with Crippen LogP contribution in [0.3, 0.4) is 0 Å². The third kappa shape index (κ3) is 4.33. The van der Waals surface area contributed by atoms with Crippen molar-refractivity contribution in [2.24, 2.45) is 0 Å². The minimum absolute atomic E-state index is 0.183. The lowest BCUT2D eigenvalue weighted by Gasteiger charge is -2.36. The Morgan fingerprint density at radius 3 is 2.46 bits per heavy atom. The molecule has 1 aromatic carbocycles. The molecule has 0 atom stereocenters. The number of rotatable bonds is 5. The zero-order valence-corrected chi connectivity index (χ0v) is 14.9. The van der Waals surface area contributed by atoms with Crippen LogP contribution in [0.2, 0.25) is 0 Å². The van der Waals surface area contributed by atoms with Gasteiger partial charge in [-0.05, 0) is 31.2 Å². The number of amides is 2. The van der Waals surface area contributed by atoms with Crippen molar-refractivity contribution in [2.45, 2.75) is 13.3 Å². The number of nitrogens with one attached hydrogen (secondary N) is 1. The molecule has 1 saturated heterocycles. The summed E-state index contributed by atoms with van der Waals surface area (Å²) in [5, 5.41) is 6.25. The van der Waals surface area contributed by atoms with Gasteiger partial charge in [-0.15, -0.1) is 0 Å². The van der Waals surface area contributed by atoms with Gasteiger partial charge in [0, 0.05) is 37.9 Å². The van der Waals surface area contributed by atoms with Gasteiger partial charge in [-0.2, -0.15) is 0 Å². The maximum absolute atomic E-state index is 12.3. The normalized spacial score (nSPS) is 14.2. The highest BCUT2D eigenvalue weighted by molar-refractivity contribution is 6.03. The van der Waals surface area contributed by atoms with Gasteiger partial charge in [-0.3, -0.25) is 9.59 Å². The molecule has 1 fully saturated rings. The molecule has 138 valence electrons. The van der Waals surface area contributed by atoms with Gasteiger partial charge in [0.1, 0.15) is 17.9 Å². The van der Waals surface area contributed by atoms with Crippen LogP contribution < -0.4 is 15.0 Å². The summed E-state index contributed by atoms with van der Waals surface area (Å²) >= 11 is 0. The van der Waals surface area contributed by atoms with Crippen LogP contribution in [0.15, 0.2) is 34.9 Å². The van der Waals surface area contributed by atoms with Gasteiger partial charge < -0.3 is 24.4 Å². The number of hydrogen-bond acceptors (Lipinski definition) is 6. The van der Waals surface area contributed by atoms with E-state index in [-0.39, 0.29) is 18.2 Å². The Morgan fingerprint density at radius 2 is 1.88 bits per heavy atom. The third-order valence-corrected chi connectivity index (χ3v) is 4.28. The number of piperazine rings is 1. The van der Waals surface area contributed by atoms with Crippen molar-refractivity contribution in [1.29, 1.82) is 0 Å². The number of benzene rings is 1. The third-order valence-electron chi connectivity index (χ3n) is 4.28. The number of aromatic nitrogens is 1. The zero-order valence-electron chi connectivity index (χ0n) is 14.9. The molecule has 1 aliphatic rings. The summed E-state index contributed by atoms with van der Waals surface area (Å²) in [6, 6.07) is 9.45. The van der Waals surface area contributed by atoms with E-state index < -0.39 is 0 Å². The molecule has 3 rings (SSSR count). The van der Waals surface area contributed by atoms with E-state index in [0.717, 1.165) is 24.5 Å². The second-order valence-corrected chi connectivity index (χ2v) is 6.11. The lowest BCUT2D eigenvalue weighted by atomic mass is 10.2. The van der Waals surface area contributed by atoms with E-state index in [1.807, 2.05) is 24.3 Å². The van der Waals surface area contributed by atoms with E-state index in [4.69, 9.17) is 9.26 Å². The first-order valence-electron chi connectivity index (χ1n) is 8.45. The first kappa shape index (κ1) is 17.8. The van der Waals surface area contributed by atoms with Crippen LogP contribution in [0.4, 0.5) is 11.5 Å². The van der Waals surface area contributed by atoms with Crippen LogP contribution in [0.5, 0.6) is 5.75 Å². The van der Waals surface area contributed by atoms with Crippen LogP contribution in [-0.2, 0) is 9.59 Å². The summed E-state index contributed by atoms with van der Waals surface area (Å²) in [6.07, 6.45) is -0.200. The van der Waals surface area contributed by atoms with Crippen molar-refractivity contribution in [3.63, 3.8) is 0 Å². The number of hydrogen-bond donors (Lipinski definition) is 1. The van der Waals surface area contributed by atoms with E-state index in [2.05, 4.69) is 15.4 Å². The minimum Gasteiger partial charge on any atom is -0.497 e. The van der Waals surface area contributed by atoms with E-state index >= 15 is 0 Å². The Bertz CT molecular complexity index is 764. The lowest BCUT2D eigenvalue weighted by Crippen LogP contribution is -2.49. The first-order valence-corrected chi connectivity index (χ1v) is 8.45. The Labute approximate surface area is 151 Å². The van der Waals surface area contributed by atoms with Crippen LogP contribution in [0.25, 0.3) is 0 Å². The van der Waals surface area contributed by atoms with E-state index in [9.17, 15) is 9.59 Å². The van der Waals surface area contributed by atoms with Gasteiger partial charge in [-0.25, -0.2) is 0 Å². The molecule has 0 unspecified atom stereocenters. The van der Waals surface area contributed by atoms with Crippen molar-refractivity contribution in [2.75, 3.05) is 43.5 Å². The zero-order chi connectivity index (χ0) is 18.5. The molecule has 0 radical (unpaired) electrons. The highest BCUT2D eigenvalue weighted by Crippen LogP contribution is 2.20. The molecular weight excluding hydrogens is 336 g/mol. The fourth-order valence-electron chi connectivity index (χ4n) is 2.87. The molecule has 8 nitrogen and oxygen atoms in total. The molecule has 0 spiro atoms. The Kier molecular flexibility index (Phi) is 5.40. The molecule has 2 amide bonds. The van der Waals surface area contributed by atoms with Crippen molar-refractivity contribution in [1.82, 2.24) is 10.1 Å². The average Bonchev–Trinajstić information content (AvgIpc) is 3.06. The SMILES string of the molecule is COc1ccc(N2CCN(C(=O)CC(=O)Nc3cc(C)on3)CC2)cc1. The van der Waals surface area contributed by atoms with E-state index in [1.54, 1.807) is 25.0 Å². The average molecular weight is 358 g/mol. The molecule has 2 heterocycles. The molecule has 1 aliphatic heterocycles. The number of carbonyl (C=O) groups is 2. The molecule has 0 saturated carbocycles. The first-order chi connectivity index (χ1) is 12.5. The van der Waals surface area contributed by atoms with Gasteiger partial charge in [0.15, 0.2) is 5.82 Å². The quantitative estimate of drug-likeness (QED) is 0.818. The fourth-order valence-corrected chi connectivity index (χ4v) is 2.87. The smallest absolute Gasteiger partial charge is 0.235 e. The number of ether oxygens (including phenoxy) is 1. The maximum atomic E-state index is 12.3. The molecule has 1 aromatic heterocycles. The minimum atomic E-state index is -0.388. The van der Waals surface area contributed by atoms with Gasteiger partial charge in [0.2, 0.25) is 11.8 Å². The van der Waals surface area contributed by atoms with Crippen molar-refractivity contribution >= 4 is 23.3 Å². The predicted octanol–water partition coefficient (Wildman–Crippen LogP) is 1.67. The Morgan fingerprint density at radius 1 is 1.19 bits per heavy atom. The van der Waals surface area contributed by atoms with Gasteiger partial charge in [0.25, 0.3) is 0 Å². The van der Waals surface area contributed by atoms with Crippen LogP contribution in [0.1, 0.15) is 12.2 Å². The summed E-state index contributed by atoms with van der Waals surface area (Å²) in [7, 11) is 1.64. The largest absolute Gasteiger partial charge is 0.497 e. The summed E-state index contributed by atoms with van der Waals surface area (Å²) < 4.78 is 10.0. The Hall–Kier alpha value is -3.03. The van der Waals surface area contributed by atoms with Gasteiger partial charge >= 0.3 is 0 Å². The highest BCUT2D eigenvalue weighted by Gasteiger charge is 2.23. The number of nitrogens with zero attached hydrogens (tertiary/aromatic N) is 3. The molecular formula is C18H22N4O4. The molecule has 2 aromatic rings. The monoisotopic (exact) mass is 358 g/mol. The summed E-state index contributed by atoms with van der Waals surface area (Å²) in [6.45, 7) is 4.35. The lowest BCUT2D eigenvalue weighted by molar-refractivity contribution is -0.134. The van der Waals surface area contributed by atoms with Gasteiger partial charge in [-0.1, -0.05) is 5.16 Å². The summed E-state index contributed by atoms with van der Waals surface area (Å²) in [4.78, 5) is 28.2. The van der Waals surface area contributed by atoms with E-state index in [1.165, 1.54) is 0 Å². The number of anilines is 2. The molecule has 26 heavy (non-hydrogen) atoms. The number of aryl methyl sites for hydroxylation is 1. The van der Waals surface area contributed by atoms with Crippen molar-refractivity contribution < 1.29 is 18.8 Å². The maximum Gasteiger partial charge on any atom is 0.235 e. The summed E-state index contributed by atoms with van der Waals surface area (Å²) in [5.41, 5.74) is 1.09. The van der Waals surface area contributed by atoms with Crippen molar-refractivity contribution in [3.8, 4) is 5.75 Å². The standard InChI is InChI=1S/C18H22N4O4/c1-13-11-16(20-26-13)19-17(23)12-18(24)22-9-7-21(8-10-22)14-3-5-15(25-2)6-4-14/h3-6,11H,7-10,12H2,1-2H3,(H,19,20,23). The molecule has 0 aliphatic carbocycles. The molecule has 8 heteroatoms. The highest BCUT2D eigenvalue weighted by atomic mass is 16.5. The second-order valence-electron chi connectivity index (χ2n) is 6.11. The predicted molar refractivity (Wildman–Crippen MR) is 96.3 cm³/mol. The van der Waals surface area contributed by atoms with E-state index in [0.29, 0.717) is 24.7 Å².